The molecule has 0 aliphatic carbocycles. The number of nitrogens with zero attached hydrogens (tertiary/aromatic N) is 2. The van der Waals surface area contributed by atoms with E-state index in [1.807, 2.05) is 38.1 Å². The third-order valence-corrected chi connectivity index (χ3v) is 2.30. The standard InChI is InChI=1S/C14H12N2O/c1-10-3-5-13(6-4-10)17-14-8-12(9-15)7-11(2)16-14/h3-8H,1-2H3. The van der Waals surface area contributed by atoms with Crippen molar-refractivity contribution in [1.82, 2.24) is 4.98 Å². The van der Waals surface area contributed by atoms with Crippen LogP contribution >= 0.6 is 0 Å². The Kier molecular flexibility index (Phi) is 3.06. The molecule has 1 heterocycles. The summed E-state index contributed by atoms with van der Waals surface area (Å²) < 4.78 is 5.59. The molecule has 1 aromatic heterocycles. The molecule has 2 rings (SSSR count). The van der Waals surface area contributed by atoms with Crippen LogP contribution in [0.5, 0.6) is 11.6 Å². The first kappa shape index (κ1) is 11.2. The molecule has 0 amide bonds. The molecular weight excluding hydrogens is 212 g/mol. The summed E-state index contributed by atoms with van der Waals surface area (Å²) in [4.78, 5) is 4.23. The normalized spacial score (nSPS) is 9.71. The van der Waals surface area contributed by atoms with Crippen molar-refractivity contribution >= 4 is 0 Å². The molecule has 0 aliphatic heterocycles. The number of aryl methyl sites for hydroxylation is 2. The van der Waals surface area contributed by atoms with Crippen LogP contribution in [-0.4, -0.2) is 4.98 Å². The van der Waals surface area contributed by atoms with Gasteiger partial charge in [0.2, 0.25) is 5.88 Å². The van der Waals surface area contributed by atoms with Crippen LogP contribution < -0.4 is 4.74 Å². The van der Waals surface area contributed by atoms with Gasteiger partial charge in [0.1, 0.15) is 5.75 Å². The molecule has 0 fully saturated rings. The second-order valence-corrected chi connectivity index (χ2v) is 3.86. The second-order valence-electron chi connectivity index (χ2n) is 3.86. The number of hydrogen-bond acceptors (Lipinski definition) is 3. The lowest BCUT2D eigenvalue weighted by atomic mass is 10.2. The Hall–Kier alpha value is -2.34. The van der Waals surface area contributed by atoms with Gasteiger partial charge in [-0.15, -0.1) is 0 Å². The van der Waals surface area contributed by atoms with Crippen LogP contribution in [0.15, 0.2) is 36.4 Å². The Balaban J connectivity index is 2.27. The first-order valence-corrected chi connectivity index (χ1v) is 5.31. The third kappa shape index (κ3) is 2.82. The van der Waals surface area contributed by atoms with Gasteiger partial charge >= 0.3 is 0 Å². The number of benzene rings is 1. The highest BCUT2D eigenvalue weighted by molar-refractivity contribution is 5.36. The van der Waals surface area contributed by atoms with E-state index >= 15 is 0 Å². The lowest BCUT2D eigenvalue weighted by molar-refractivity contribution is 0.461. The number of nitriles is 1. The molecule has 0 saturated carbocycles. The predicted molar refractivity (Wildman–Crippen MR) is 64.9 cm³/mol. The fourth-order valence-electron chi connectivity index (χ4n) is 1.48. The average Bonchev–Trinajstić information content (AvgIpc) is 2.31. The predicted octanol–water partition coefficient (Wildman–Crippen LogP) is 3.36. The molecule has 0 radical (unpaired) electrons. The number of hydrogen-bond donors (Lipinski definition) is 0. The van der Waals surface area contributed by atoms with E-state index in [0.29, 0.717) is 11.4 Å². The SMILES string of the molecule is Cc1ccc(Oc2cc(C#N)cc(C)n2)cc1. The van der Waals surface area contributed by atoms with Crippen molar-refractivity contribution in [2.75, 3.05) is 0 Å². The largest absolute Gasteiger partial charge is 0.439 e. The smallest absolute Gasteiger partial charge is 0.220 e. The van der Waals surface area contributed by atoms with Gasteiger partial charge in [-0.1, -0.05) is 17.7 Å². The molecule has 17 heavy (non-hydrogen) atoms. The molecule has 84 valence electrons. The molecule has 0 aliphatic rings. The molecular formula is C14H12N2O. The van der Waals surface area contributed by atoms with Crippen molar-refractivity contribution in [2.45, 2.75) is 13.8 Å². The van der Waals surface area contributed by atoms with E-state index in [1.54, 1.807) is 12.1 Å². The lowest BCUT2D eigenvalue weighted by Crippen LogP contribution is -1.91. The van der Waals surface area contributed by atoms with Crippen molar-refractivity contribution in [3.8, 4) is 17.7 Å². The Labute approximate surface area is 100 Å². The minimum Gasteiger partial charge on any atom is -0.439 e. The van der Waals surface area contributed by atoms with Crippen molar-refractivity contribution < 1.29 is 4.74 Å². The highest BCUT2D eigenvalue weighted by Gasteiger charge is 2.02. The maximum atomic E-state index is 8.86. The Morgan fingerprint density at radius 3 is 2.47 bits per heavy atom. The van der Waals surface area contributed by atoms with Gasteiger partial charge in [-0.2, -0.15) is 5.26 Å². The van der Waals surface area contributed by atoms with Crippen LogP contribution in [0.4, 0.5) is 0 Å². The summed E-state index contributed by atoms with van der Waals surface area (Å²) in [6.45, 7) is 3.85. The molecule has 2 aromatic rings. The number of aromatic nitrogens is 1. The molecule has 0 bridgehead atoms. The summed E-state index contributed by atoms with van der Waals surface area (Å²) in [7, 11) is 0. The maximum absolute atomic E-state index is 8.86. The summed E-state index contributed by atoms with van der Waals surface area (Å²) in [6.07, 6.45) is 0. The molecule has 1 aromatic carbocycles. The highest BCUT2D eigenvalue weighted by atomic mass is 16.5. The first-order chi connectivity index (χ1) is 8.17. The zero-order chi connectivity index (χ0) is 12.3. The Bertz CT molecular complexity index is 568. The minimum atomic E-state index is 0.449. The van der Waals surface area contributed by atoms with Gasteiger partial charge in [0.05, 0.1) is 11.6 Å². The molecule has 0 spiro atoms. The summed E-state index contributed by atoms with van der Waals surface area (Å²) in [5.41, 5.74) is 2.50. The lowest BCUT2D eigenvalue weighted by Gasteiger charge is -2.06. The van der Waals surface area contributed by atoms with E-state index in [0.717, 1.165) is 11.4 Å². The van der Waals surface area contributed by atoms with E-state index in [1.165, 1.54) is 5.56 Å². The summed E-state index contributed by atoms with van der Waals surface area (Å²) in [5.74, 6) is 1.17. The molecule has 0 saturated heterocycles. The van der Waals surface area contributed by atoms with Crippen molar-refractivity contribution in [3.05, 3.63) is 53.2 Å². The van der Waals surface area contributed by atoms with Crippen molar-refractivity contribution in [3.63, 3.8) is 0 Å². The third-order valence-electron chi connectivity index (χ3n) is 2.30. The average molecular weight is 224 g/mol. The number of ether oxygens (including phenoxy) is 1. The molecule has 0 unspecified atom stereocenters. The van der Waals surface area contributed by atoms with E-state index in [9.17, 15) is 0 Å². The monoisotopic (exact) mass is 224 g/mol. The van der Waals surface area contributed by atoms with Gasteiger partial charge in [-0.25, -0.2) is 4.98 Å². The Morgan fingerprint density at radius 2 is 1.82 bits per heavy atom. The number of rotatable bonds is 2. The molecule has 3 heteroatoms. The number of pyridine rings is 1. The van der Waals surface area contributed by atoms with E-state index in [2.05, 4.69) is 11.1 Å². The van der Waals surface area contributed by atoms with Crippen LogP contribution in [0.2, 0.25) is 0 Å². The van der Waals surface area contributed by atoms with Crippen LogP contribution in [0, 0.1) is 25.2 Å². The fourth-order valence-corrected chi connectivity index (χ4v) is 1.48. The van der Waals surface area contributed by atoms with E-state index in [4.69, 9.17) is 10.00 Å². The minimum absolute atomic E-state index is 0.449. The molecule has 3 nitrogen and oxygen atoms in total. The topological polar surface area (TPSA) is 45.9 Å². The fraction of sp³-hybridized carbons (Fsp3) is 0.143. The maximum Gasteiger partial charge on any atom is 0.220 e. The van der Waals surface area contributed by atoms with Crippen LogP contribution in [0.25, 0.3) is 0 Å². The van der Waals surface area contributed by atoms with Gasteiger partial charge in [-0.3, -0.25) is 0 Å². The first-order valence-electron chi connectivity index (χ1n) is 5.31. The Morgan fingerprint density at radius 1 is 1.12 bits per heavy atom. The van der Waals surface area contributed by atoms with Crippen LogP contribution in [0.3, 0.4) is 0 Å². The molecule has 0 N–H and O–H groups in total. The van der Waals surface area contributed by atoms with Crippen molar-refractivity contribution in [1.29, 1.82) is 5.26 Å². The van der Waals surface area contributed by atoms with Crippen LogP contribution in [0.1, 0.15) is 16.8 Å². The van der Waals surface area contributed by atoms with Gasteiger partial charge in [0.15, 0.2) is 0 Å². The van der Waals surface area contributed by atoms with Gasteiger partial charge in [-0.05, 0) is 32.0 Å². The van der Waals surface area contributed by atoms with Crippen LogP contribution in [-0.2, 0) is 0 Å². The summed E-state index contributed by atoms with van der Waals surface area (Å²) in [5, 5.41) is 8.86. The zero-order valence-corrected chi connectivity index (χ0v) is 9.77. The van der Waals surface area contributed by atoms with Crippen molar-refractivity contribution in [2.24, 2.45) is 0 Å². The van der Waals surface area contributed by atoms with Gasteiger partial charge in [0.25, 0.3) is 0 Å². The van der Waals surface area contributed by atoms with E-state index in [-0.39, 0.29) is 0 Å². The van der Waals surface area contributed by atoms with Gasteiger partial charge < -0.3 is 4.74 Å². The quantitative estimate of drug-likeness (QED) is 0.785. The summed E-state index contributed by atoms with van der Waals surface area (Å²) >= 11 is 0. The molecule has 0 atom stereocenters. The zero-order valence-electron chi connectivity index (χ0n) is 9.77. The highest BCUT2D eigenvalue weighted by Crippen LogP contribution is 2.21. The van der Waals surface area contributed by atoms with E-state index < -0.39 is 0 Å². The van der Waals surface area contributed by atoms with Gasteiger partial charge in [0, 0.05) is 11.8 Å². The summed E-state index contributed by atoms with van der Waals surface area (Å²) in [6, 6.07) is 13.1. The second kappa shape index (κ2) is 4.67.